The van der Waals surface area contributed by atoms with Crippen molar-refractivity contribution < 1.29 is 9.63 Å². The van der Waals surface area contributed by atoms with Crippen LogP contribution < -0.4 is 0 Å². The van der Waals surface area contributed by atoms with Crippen LogP contribution in [0, 0.1) is 5.41 Å². The van der Waals surface area contributed by atoms with Crippen molar-refractivity contribution in [3.8, 4) is 0 Å². The lowest BCUT2D eigenvalue weighted by atomic mass is 9.73. The molecule has 4 rings (SSSR count). The molecule has 2 aliphatic heterocycles. The highest BCUT2D eigenvalue weighted by atomic mass is 32.2. The molecule has 0 unspecified atom stereocenters. The van der Waals surface area contributed by atoms with Crippen LogP contribution in [0.4, 0.5) is 0 Å². The van der Waals surface area contributed by atoms with Gasteiger partial charge in [0.25, 0.3) is 0 Å². The third-order valence-corrected chi connectivity index (χ3v) is 7.81. The Morgan fingerprint density at radius 1 is 1.07 bits per heavy atom. The van der Waals surface area contributed by atoms with Crippen LogP contribution in [-0.4, -0.2) is 11.7 Å². The second kappa shape index (κ2) is 8.48. The lowest BCUT2D eigenvalue weighted by Crippen LogP contribution is -2.20. The lowest BCUT2D eigenvalue weighted by molar-refractivity contribution is -0.136. The fourth-order valence-corrected chi connectivity index (χ4v) is 6.21. The molecule has 154 valence electrons. The first-order valence-electron chi connectivity index (χ1n) is 10.0. The monoisotopic (exact) mass is 435 g/mol. The van der Waals surface area contributed by atoms with Crippen LogP contribution in [0.3, 0.4) is 0 Å². The molecule has 0 saturated carbocycles. The summed E-state index contributed by atoms with van der Waals surface area (Å²) in [6, 6.07) is 9.77. The Labute approximate surface area is 186 Å². The quantitative estimate of drug-likeness (QED) is 0.374. The van der Waals surface area contributed by atoms with E-state index in [0.29, 0.717) is 11.3 Å². The van der Waals surface area contributed by atoms with E-state index in [-0.39, 0.29) is 11.4 Å². The zero-order chi connectivity index (χ0) is 21.3. The van der Waals surface area contributed by atoms with E-state index in [9.17, 15) is 4.79 Å². The Kier molecular flexibility index (Phi) is 5.94. The van der Waals surface area contributed by atoms with Crippen molar-refractivity contribution in [3.05, 3.63) is 91.0 Å². The number of carbonyl (C=O) groups excluding carboxylic acids is 1. The maximum atomic E-state index is 12.6. The van der Waals surface area contributed by atoms with Crippen molar-refractivity contribution in [2.75, 3.05) is 0 Å². The Morgan fingerprint density at radius 2 is 1.77 bits per heavy atom. The number of allylic oxidation sites excluding steroid dienone is 8. The molecule has 3 nitrogen and oxygen atoms in total. The molecular weight excluding hydrogens is 410 g/mol. The van der Waals surface area contributed by atoms with Crippen molar-refractivity contribution in [2.24, 2.45) is 10.6 Å². The molecule has 2 heterocycles. The van der Waals surface area contributed by atoms with E-state index in [4.69, 9.17) is 4.84 Å². The first-order valence-corrected chi connectivity index (χ1v) is 11.7. The summed E-state index contributed by atoms with van der Waals surface area (Å²) in [5, 5.41) is 4.09. The molecule has 0 atom stereocenters. The molecule has 0 saturated heterocycles. The predicted octanol–water partition coefficient (Wildman–Crippen LogP) is 7.12. The Hall–Kier alpha value is -2.24. The van der Waals surface area contributed by atoms with Crippen LogP contribution >= 0.6 is 23.5 Å². The van der Waals surface area contributed by atoms with Crippen molar-refractivity contribution in [1.82, 2.24) is 0 Å². The summed E-state index contributed by atoms with van der Waals surface area (Å²) in [4.78, 5) is 20.4. The zero-order valence-electron chi connectivity index (χ0n) is 17.7. The third-order valence-electron chi connectivity index (χ3n) is 5.29. The minimum absolute atomic E-state index is 0.0557. The van der Waals surface area contributed by atoms with Crippen LogP contribution in [0.15, 0.2) is 90.6 Å². The average molecular weight is 436 g/mol. The van der Waals surface area contributed by atoms with Gasteiger partial charge in [-0.1, -0.05) is 91.1 Å². The van der Waals surface area contributed by atoms with Crippen molar-refractivity contribution in [3.63, 3.8) is 0 Å². The van der Waals surface area contributed by atoms with Gasteiger partial charge in [0, 0.05) is 9.80 Å². The molecular formula is C25H25NO2S2. The predicted molar refractivity (Wildman–Crippen MR) is 128 cm³/mol. The van der Waals surface area contributed by atoms with Gasteiger partial charge in [0.2, 0.25) is 0 Å². The van der Waals surface area contributed by atoms with Gasteiger partial charge in [-0.2, -0.15) is 0 Å². The van der Waals surface area contributed by atoms with E-state index >= 15 is 0 Å². The van der Waals surface area contributed by atoms with Gasteiger partial charge in [0.15, 0.2) is 0 Å². The summed E-state index contributed by atoms with van der Waals surface area (Å²) in [5.74, 6) is -0.362. The molecule has 1 aromatic rings. The second-order valence-electron chi connectivity index (χ2n) is 8.48. The topological polar surface area (TPSA) is 38.7 Å². The molecule has 0 N–H and O–H groups in total. The van der Waals surface area contributed by atoms with Gasteiger partial charge in [0.1, 0.15) is 5.71 Å². The van der Waals surface area contributed by atoms with Gasteiger partial charge < -0.3 is 4.84 Å². The van der Waals surface area contributed by atoms with E-state index in [1.54, 1.807) is 0 Å². The summed E-state index contributed by atoms with van der Waals surface area (Å²) >= 11 is 3.65. The number of hydrogen-bond acceptors (Lipinski definition) is 5. The molecule has 0 fully saturated rings. The highest BCUT2D eigenvalue weighted by molar-refractivity contribution is 8.28. The first-order chi connectivity index (χ1) is 14.3. The maximum Gasteiger partial charge on any atom is 0.368 e. The summed E-state index contributed by atoms with van der Waals surface area (Å²) in [6.45, 7) is 8.81. The molecule has 30 heavy (non-hydrogen) atoms. The number of hydrogen-bond donors (Lipinski definition) is 0. The average Bonchev–Trinajstić information content (AvgIpc) is 3.23. The van der Waals surface area contributed by atoms with Gasteiger partial charge in [-0.25, -0.2) is 4.79 Å². The van der Waals surface area contributed by atoms with Gasteiger partial charge in [-0.15, -0.1) is 0 Å². The zero-order valence-corrected chi connectivity index (χ0v) is 19.3. The van der Waals surface area contributed by atoms with Crippen LogP contribution in [0.1, 0.15) is 46.1 Å². The van der Waals surface area contributed by atoms with Crippen LogP contribution in [-0.2, 0) is 9.63 Å². The number of oxime groups is 1. The first kappa shape index (κ1) is 21.0. The highest BCUT2D eigenvalue weighted by Gasteiger charge is 2.34. The van der Waals surface area contributed by atoms with Crippen molar-refractivity contribution >= 4 is 35.2 Å². The van der Waals surface area contributed by atoms with E-state index in [0.717, 1.165) is 24.0 Å². The van der Waals surface area contributed by atoms with Crippen molar-refractivity contribution in [2.45, 2.75) is 40.5 Å². The highest BCUT2D eigenvalue weighted by Crippen LogP contribution is 2.48. The van der Waals surface area contributed by atoms with Gasteiger partial charge in [-0.05, 0) is 59.1 Å². The molecule has 0 radical (unpaired) electrons. The molecule has 3 aliphatic rings. The Morgan fingerprint density at radius 3 is 2.47 bits per heavy atom. The van der Waals surface area contributed by atoms with Gasteiger partial charge in [0.05, 0.1) is 5.57 Å². The van der Waals surface area contributed by atoms with Crippen molar-refractivity contribution in [1.29, 1.82) is 0 Å². The van der Waals surface area contributed by atoms with Crippen LogP contribution in [0.2, 0.25) is 0 Å². The Bertz CT molecular complexity index is 1050. The largest absolute Gasteiger partial charge is 0.368 e. The van der Waals surface area contributed by atoms with Gasteiger partial charge in [-0.3, -0.25) is 0 Å². The second-order valence-corrected chi connectivity index (χ2v) is 11.3. The van der Waals surface area contributed by atoms with Crippen LogP contribution in [0.5, 0.6) is 0 Å². The van der Waals surface area contributed by atoms with E-state index in [2.05, 4.69) is 57.2 Å². The number of benzene rings is 1. The number of nitrogens with zero attached hydrogens (tertiary/aromatic N) is 1. The Balaban J connectivity index is 1.66. The lowest BCUT2D eigenvalue weighted by Gasteiger charge is -2.31. The molecule has 5 heteroatoms. The molecule has 1 aromatic carbocycles. The summed E-state index contributed by atoms with van der Waals surface area (Å²) in [6.07, 6.45) is 10.4. The fraction of sp³-hybridized carbons (Fsp3) is 0.280. The summed E-state index contributed by atoms with van der Waals surface area (Å²) in [5.41, 5.74) is 4.40. The molecule has 0 spiro atoms. The third kappa shape index (κ3) is 4.57. The number of carbonyl (C=O) groups is 1. The number of rotatable bonds is 3. The molecule has 1 aliphatic carbocycles. The molecule has 0 amide bonds. The van der Waals surface area contributed by atoms with Crippen LogP contribution in [0.25, 0.3) is 0 Å². The molecule has 0 bridgehead atoms. The standard InChI is InChI=1S/C25H25NO2S2/c1-16-17(2)30-21(29-16)12-8-9-18-13-20(15-25(3,4)14-18)22-23(26-28-24(22)27)19-10-6-5-7-11-19/h5-13H,14-15H2,1-4H3/b9-8+,22-20+. The maximum absolute atomic E-state index is 12.6. The minimum Gasteiger partial charge on any atom is -0.312 e. The smallest absolute Gasteiger partial charge is 0.312 e. The fourth-order valence-electron chi connectivity index (χ4n) is 3.86. The van der Waals surface area contributed by atoms with Gasteiger partial charge >= 0.3 is 5.97 Å². The van der Waals surface area contributed by atoms with E-state index < -0.39 is 0 Å². The summed E-state index contributed by atoms with van der Waals surface area (Å²) in [7, 11) is 0. The summed E-state index contributed by atoms with van der Waals surface area (Å²) < 4.78 is 1.30. The number of thioether (sulfide) groups is 2. The normalized spacial score (nSPS) is 23.7. The molecule has 0 aromatic heterocycles. The SMILES string of the molecule is CC1=C(C)SC(=C/C=C/C2=CC(=C3\C(=O)ON=C3c3ccccc3)/CC(C)(C)C2)S1. The van der Waals surface area contributed by atoms with E-state index in [1.165, 1.54) is 19.6 Å². The van der Waals surface area contributed by atoms with E-state index in [1.807, 2.05) is 53.9 Å². The minimum atomic E-state index is -0.362.